The molecule has 0 saturated heterocycles. The van der Waals surface area contributed by atoms with Crippen LogP contribution in [0.2, 0.25) is 0 Å². The molecule has 1 saturated carbocycles. The van der Waals surface area contributed by atoms with Gasteiger partial charge in [0.2, 0.25) is 17.7 Å². The third kappa shape index (κ3) is 12.8. The van der Waals surface area contributed by atoms with Gasteiger partial charge in [0.1, 0.15) is 12.1 Å². The Balaban J connectivity index is 2.20. The second-order valence-electron chi connectivity index (χ2n) is 12.0. The van der Waals surface area contributed by atoms with Gasteiger partial charge in [-0.25, -0.2) is 0 Å². The van der Waals surface area contributed by atoms with Crippen LogP contribution in [0.4, 0.5) is 0 Å². The van der Waals surface area contributed by atoms with Gasteiger partial charge >= 0.3 is 0 Å². The summed E-state index contributed by atoms with van der Waals surface area (Å²) in [6.07, 6.45) is 14.4. The minimum atomic E-state index is -1.27. The zero-order valence-electron chi connectivity index (χ0n) is 26.0. The van der Waals surface area contributed by atoms with Gasteiger partial charge in [0, 0.05) is 39.4 Å². The van der Waals surface area contributed by atoms with Gasteiger partial charge in [0.25, 0.3) is 0 Å². The molecule has 0 bridgehead atoms. The summed E-state index contributed by atoms with van der Waals surface area (Å²) in [6, 6.07) is 7.57. The van der Waals surface area contributed by atoms with Gasteiger partial charge < -0.3 is 30.6 Å². The zero-order valence-corrected chi connectivity index (χ0v) is 26.0. The predicted molar refractivity (Wildman–Crippen MR) is 168 cm³/mol. The monoisotopic (exact) mass is 594 g/mol. The molecule has 5 unspecified atom stereocenters. The Kier molecular flexibility index (Phi) is 15.8. The molecule has 43 heavy (non-hydrogen) atoms. The minimum absolute atomic E-state index is 0.0314. The van der Waals surface area contributed by atoms with E-state index in [0.29, 0.717) is 25.9 Å². The number of terminal acetylenes is 2. The topological polar surface area (TPSA) is 122 Å². The van der Waals surface area contributed by atoms with Gasteiger partial charge in [-0.05, 0) is 38.4 Å². The Hall–Kier alpha value is -3.37. The maximum absolute atomic E-state index is 13.6. The van der Waals surface area contributed by atoms with Crippen molar-refractivity contribution >= 4 is 17.7 Å². The van der Waals surface area contributed by atoms with E-state index in [4.69, 9.17) is 12.8 Å². The number of nitrogens with zero attached hydrogens (tertiary/aromatic N) is 2. The second-order valence-corrected chi connectivity index (χ2v) is 12.0. The number of aliphatic hydroxyl groups is 2. The number of carbonyl (C=O) groups is 3. The summed E-state index contributed by atoms with van der Waals surface area (Å²) in [6.45, 7) is 1.20. The van der Waals surface area contributed by atoms with Crippen molar-refractivity contribution in [2.75, 3.05) is 34.2 Å². The number of likely N-dealkylation sites (N-methyl/N-ethyl adjacent to an activating group) is 2. The number of aliphatic hydroxyl groups excluding tert-OH is 2. The van der Waals surface area contributed by atoms with Gasteiger partial charge in [-0.1, -0.05) is 62.4 Å². The number of amides is 3. The van der Waals surface area contributed by atoms with E-state index in [2.05, 4.69) is 22.5 Å². The Morgan fingerprint density at radius 3 is 2.19 bits per heavy atom. The first kappa shape index (κ1) is 35.8. The molecular formula is C34H50N4O5. The number of benzene rings is 1. The maximum Gasteiger partial charge on any atom is 0.243 e. The first-order valence-corrected chi connectivity index (χ1v) is 15.3. The van der Waals surface area contributed by atoms with E-state index in [1.54, 1.807) is 11.9 Å². The highest BCUT2D eigenvalue weighted by Crippen LogP contribution is 2.28. The molecule has 3 amide bonds. The highest BCUT2D eigenvalue weighted by atomic mass is 16.3. The molecule has 2 rings (SSSR count). The Morgan fingerprint density at radius 2 is 1.58 bits per heavy atom. The third-order valence-electron chi connectivity index (χ3n) is 8.15. The molecule has 5 atom stereocenters. The van der Waals surface area contributed by atoms with E-state index < -0.39 is 42.0 Å². The van der Waals surface area contributed by atoms with Crippen molar-refractivity contribution in [1.29, 1.82) is 0 Å². The highest BCUT2D eigenvalue weighted by Gasteiger charge is 2.33. The van der Waals surface area contributed by atoms with Gasteiger partial charge in [0.05, 0.1) is 18.1 Å². The molecule has 1 aromatic carbocycles. The summed E-state index contributed by atoms with van der Waals surface area (Å²) < 4.78 is 0. The van der Waals surface area contributed by atoms with Crippen LogP contribution >= 0.6 is 0 Å². The molecule has 1 aromatic rings. The molecule has 1 aliphatic carbocycles. The first-order chi connectivity index (χ1) is 20.5. The molecule has 9 heteroatoms. The number of hydrogen-bond acceptors (Lipinski definition) is 6. The lowest BCUT2D eigenvalue weighted by Gasteiger charge is -2.33. The summed E-state index contributed by atoms with van der Waals surface area (Å²) >= 11 is 0. The van der Waals surface area contributed by atoms with E-state index >= 15 is 0 Å². The number of nitrogens with one attached hydrogen (secondary N) is 2. The fraction of sp³-hybridized carbons (Fsp3) is 0.618. The number of hydrogen-bond donors (Lipinski definition) is 4. The van der Waals surface area contributed by atoms with Gasteiger partial charge in [-0.3, -0.25) is 14.4 Å². The maximum atomic E-state index is 13.6. The number of rotatable bonds is 17. The second kappa shape index (κ2) is 19.0. The zero-order chi connectivity index (χ0) is 31.8. The lowest BCUT2D eigenvalue weighted by atomic mass is 9.82. The van der Waals surface area contributed by atoms with Crippen LogP contribution in [0.5, 0.6) is 0 Å². The molecule has 236 valence electrons. The van der Waals surface area contributed by atoms with E-state index in [1.807, 2.05) is 49.3 Å². The standard InChI is InChI=1S/C34H50N4O5/c1-6-14-28(34(43)36-29(32(41)30(39)15-7-2)23-26-18-12-9-13-19-26)35-33(42)27(22-25-16-10-8-11-17-25)24-31(40)38(5)21-20-37(3)4/h1-2,8,10-11,16-17,26-30,32,39,41H,9,12-15,18-24H2,3-5H3,(H,35,42)(H,36,43). The molecule has 1 aliphatic rings. The van der Waals surface area contributed by atoms with Crippen molar-refractivity contribution in [2.45, 2.75) is 88.5 Å². The highest BCUT2D eigenvalue weighted by molar-refractivity contribution is 5.91. The van der Waals surface area contributed by atoms with Crippen LogP contribution in [0, 0.1) is 36.5 Å². The summed E-state index contributed by atoms with van der Waals surface area (Å²) in [7, 11) is 5.56. The molecule has 0 radical (unpaired) electrons. The molecular weight excluding hydrogens is 544 g/mol. The summed E-state index contributed by atoms with van der Waals surface area (Å²) in [5, 5.41) is 27.0. The molecule has 0 heterocycles. The van der Waals surface area contributed by atoms with E-state index in [1.165, 1.54) is 0 Å². The van der Waals surface area contributed by atoms with Crippen LogP contribution in [-0.4, -0.2) is 96.3 Å². The van der Waals surface area contributed by atoms with Crippen LogP contribution in [0.15, 0.2) is 30.3 Å². The lowest BCUT2D eigenvalue weighted by molar-refractivity contribution is -0.136. The quantitative estimate of drug-likeness (QED) is 0.205. The van der Waals surface area contributed by atoms with Crippen molar-refractivity contribution in [3.8, 4) is 24.7 Å². The first-order valence-electron chi connectivity index (χ1n) is 15.3. The SMILES string of the molecule is C#CCC(NC(=O)C(CC(=O)N(C)CCN(C)C)Cc1ccccc1)C(=O)NC(CC1CCCCC1)C(O)C(O)CC#C. The van der Waals surface area contributed by atoms with Gasteiger partial charge in [-0.15, -0.1) is 24.7 Å². The fourth-order valence-corrected chi connectivity index (χ4v) is 5.47. The van der Waals surface area contributed by atoms with Crippen LogP contribution in [0.25, 0.3) is 0 Å². The van der Waals surface area contributed by atoms with Crippen molar-refractivity contribution in [3.05, 3.63) is 35.9 Å². The normalized spacial score (nSPS) is 17.0. The van der Waals surface area contributed by atoms with Crippen LogP contribution in [0.3, 0.4) is 0 Å². The Labute approximate surface area is 257 Å². The summed E-state index contributed by atoms with van der Waals surface area (Å²) in [5.74, 6) is 3.21. The summed E-state index contributed by atoms with van der Waals surface area (Å²) in [5.41, 5.74) is 0.891. The average molecular weight is 595 g/mol. The molecule has 9 nitrogen and oxygen atoms in total. The molecule has 4 N–H and O–H groups in total. The van der Waals surface area contributed by atoms with Gasteiger partial charge in [0.15, 0.2) is 0 Å². The van der Waals surface area contributed by atoms with Crippen molar-refractivity contribution < 1.29 is 24.6 Å². The average Bonchev–Trinajstić information content (AvgIpc) is 2.99. The van der Waals surface area contributed by atoms with E-state index in [-0.39, 0.29) is 31.1 Å². The molecule has 0 aromatic heterocycles. The fourth-order valence-electron chi connectivity index (χ4n) is 5.47. The van der Waals surface area contributed by atoms with Crippen LogP contribution in [0.1, 0.15) is 63.4 Å². The van der Waals surface area contributed by atoms with Crippen molar-refractivity contribution in [1.82, 2.24) is 20.4 Å². The smallest absolute Gasteiger partial charge is 0.243 e. The molecule has 0 spiro atoms. The number of carbonyl (C=O) groups excluding carboxylic acids is 3. The predicted octanol–water partition coefficient (Wildman–Crippen LogP) is 1.96. The summed E-state index contributed by atoms with van der Waals surface area (Å²) in [4.78, 5) is 43.8. The van der Waals surface area contributed by atoms with Crippen molar-refractivity contribution in [2.24, 2.45) is 11.8 Å². The molecule has 0 aliphatic heterocycles. The van der Waals surface area contributed by atoms with Gasteiger partial charge in [-0.2, -0.15) is 0 Å². The largest absolute Gasteiger partial charge is 0.389 e. The Bertz CT molecular complexity index is 1090. The van der Waals surface area contributed by atoms with Crippen LogP contribution < -0.4 is 10.6 Å². The third-order valence-corrected chi connectivity index (χ3v) is 8.15. The Morgan fingerprint density at radius 1 is 0.930 bits per heavy atom. The minimum Gasteiger partial charge on any atom is -0.389 e. The van der Waals surface area contributed by atoms with Crippen molar-refractivity contribution in [3.63, 3.8) is 0 Å². The molecule has 1 fully saturated rings. The van der Waals surface area contributed by atoms with E-state index in [0.717, 1.165) is 37.7 Å². The van der Waals surface area contributed by atoms with E-state index in [9.17, 15) is 24.6 Å². The van der Waals surface area contributed by atoms with Crippen LogP contribution in [-0.2, 0) is 20.8 Å². The lowest BCUT2D eigenvalue weighted by Crippen LogP contribution is -2.55.